The second kappa shape index (κ2) is 70.6. The Morgan fingerprint density at radius 3 is 0.853 bits per heavy atom. The summed E-state index contributed by atoms with van der Waals surface area (Å²) in [6, 6.07) is 0. The van der Waals surface area contributed by atoms with Crippen LogP contribution in [0.4, 0.5) is 0 Å². The van der Waals surface area contributed by atoms with Crippen LogP contribution in [0.15, 0.2) is 85.1 Å². The van der Waals surface area contributed by atoms with Gasteiger partial charge in [0.25, 0.3) is 0 Å². The summed E-state index contributed by atoms with van der Waals surface area (Å²) in [7, 11) is -9.78. The van der Waals surface area contributed by atoms with Crippen molar-refractivity contribution in [1.82, 2.24) is 0 Å². The molecule has 5 atom stereocenters. The second-order valence-electron chi connectivity index (χ2n) is 25.5. The summed E-state index contributed by atoms with van der Waals surface area (Å²) in [6.45, 7) is 2.64. The van der Waals surface area contributed by atoms with Crippen molar-refractivity contribution in [3.8, 4) is 0 Å². The molecule has 0 aromatic rings. The lowest BCUT2D eigenvalue weighted by Crippen LogP contribution is -2.30. The minimum atomic E-state index is -4.93. The zero-order valence-electron chi connectivity index (χ0n) is 60.1. The van der Waals surface area contributed by atoms with E-state index in [1.54, 1.807) is 0 Å². The number of allylic oxidation sites excluding steroid dienone is 14. The zero-order valence-corrected chi connectivity index (χ0v) is 61.9. The number of hydrogen-bond donors (Lipinski definition) is 4. The van der Waals surface area contributed by atoms with Gasteiger partial charge in [-0.05, 0) is 103 Å². The number of hydrogen-bond acceptors (Lipinski definition) is 14. The minimum absolute atomic E-state index is 0.106. The Morgan fingerprint density at radius 2 is 0.526 bits per heavy atom. The molecular formula is C77H138O16P2. The molecule has 0 aliphatic carbocycles. The van der Waals surface area contributed by atoms with Crippen LogP contribution in [-0.2, 0) is 55.8 Å². The van der Waals surface area contributed by atoms with Crippen LogP contribution in [0.1, 0.15) is 329 Å². The number of carbonyl (C=O) groups excluding carboxylic acids is 3. The van der Waals surface area contributed by atoms with Crippen LogP contribution in [0.2, 0.25) is 0 Å². The standard InChI is InChI=1S/C77H138O16P2/c1-4-7-10-13-16-19-22-25-28-30-32-33-34-35-36-37-39-41-43-45-48-51-54-57-60-63-75(80)87-66-72(78)67-89-94(83,84)90-68-73(79)69-91-95(85,86)92-71-74(93-77(82)65-62-59-56-53-50-47-42-27-24-21-18-15-12-9-6-3)70-88-76(81)64-61-58-55-52-49-46-44-40-38-31-29-26-23-20-17-14-11-8-5-2/h16-17,19-20,25-26,28-29,32-33,35-36,38,40,72-74,78-79H,4-15,18,21-24,27,30-31,34,37,39,41-71H2,1-3H3,(H,83,84)(H,85,86)/b19-16-,20-17-,28-25-,29-26-,33-32-,36-35-,40-38-. The molecule has 0 aliphatic rings. The quantitative estimate of drug-likeness (QED) is 0.0146. The lowest BCUT2D eigenvalue weighted by molar-refractivity contribution is -0.161. The van der Waals surface area contributed by atoms with E-state index in [2.05, 4.69) is 106 Å². The fraction of sp³-hybridized carbons (Fsp3) is 0.779. The smallest absolute Gasteiger partial charge is 0.463 e. The predicted molar refractivity (Wildman–Crippen MR) is 390 cm³/mol. The third kappa shape index (κ3) is 71.8. The monoisotopic (exact) mass is 1380 g/mol. The van der Waals surface area contributed by atoms with Gasteiger partial charge >= 0.3 is 33.6 Å². The molecule has 0 amide bonds. The zero-order chi connectivity index (χ0) is 69.5. The molecule has 0 heterocycles. The third-order valence-electron chi connectivity index (χ3n) is 16.1. The summed E-state index contributed by atoms with van der Waals surface area (Å²) in [5, 5.41) is 20.6. The van der Waals surface area contributed by atoms with Gasteiger partial charge in [-0.2, -0.15) is 0 Å². The van der Waals surface area contributed by atoms with Gasteiger partial charge in [0, 0.05) is 19.3 Å². The Balaban J connectivity index is 4.58. The van der Waals surface area contributed by atoms with E-state index in [1.807, 2.05) is 0 Å². The molecule has 16 nitrogen and oxygen atoms in total. The largest absolute Gasteiger partial charge is 0.472 e. The van der Waals surface area contributed by atoms with Gasteiger partial charge < -0.3 is 34.2 Å². The van der Waals surface area contributed by atoms with Crippen molar-refractivity contribution >= 4 is 33.6 Å². The maximum Gasteiger partial charge on any atom is 0.472 e. The van der Waals surface area contributed by atoms with Gasteiger partial charge in [0.05, 0.1) is 26.4 Å². The fourth-order valence-corrected chi connectivity index (χ4v) is 11.9. The lowest BCUT2D eigenvalue weighted by Gasteiger charge is -2.21. The highest BCUT2D eigenvalue weighted by atomic mass is 31.2. The molecule has 95 heavy (non-hydrogen) atoms. The van der Waals surface area contributed by atoms with E-state index in [0.29, 0.717) is 19.3 Å². The van der Waals surface area contributed by atoms with Gasteiger partial charge in [-0.3, -0.25) is 32.5 Å². The summed E-state index contributed by atoms with van der Waals surface area (Å²) in [5.74, 6) is -1.58. The normalized spacial score (nSPS) is 14.6. The second-order valence-corrected chi connectivity index (χ2v) is 28.4. The minimum Gasteiger partial charge on any atom is -0.463 e. The predicted octanol–water partition coefficient (Wildman–Crippen LogP) is 21.7. The van der Waals surface area contributed by atoms with Crippen molar-refractivity contribution in [3.05, 3.63) is 85.1 Å². The fourth-order valence-electron chi connectivity index (χ4n) is 10.3. The molecule has 5 unspecified atom stereocenters. The number of aliphatic hydroxyl groups is 2. The molecule has 0 aromatic heterocycles. The molecule has 18 heteroatoms. The van der Waals surface area contributed by atoms with Gasteiger partial charge in [-0.25, -0.2) is 9.13 Å². The van der Waals surface area contributed by atoms with Gasteiger partial charge in [-0.15, -0.1) is 0 Å². The van der Waals surface area contributed by atoms with Gasteiger partial charge in [0.15, 0.2) is 6.10 Å². The first-order valence-corrected chi connectivity index (χ1v) is 40.9. The van der Waals surface area contributed by atoms with Crippen molar-refractivity contribution in [2.45, 2.75) is 347 Å². The number of aliphatic hydroxyl groups excluding tert-OH is 2. The summed E-state index contributed by atoms with van der Waals surface area (Å²) in [6.07, 6.45) is 77.6. The SMILES string of the molecule is CCCCC/C=C\C/C=C\C/C=C\C/C=C\CCCCCCCCCCCC(=O)OCC(O)COP(=O)(O)OCC(O)COP(=O)(O)OCC(COC(=O)CCCCCCCC/C=C\C/C=C\C/C=C\CCCCC)OC(=O)CCCCCCCCCCCCCCCCC. The molecule has 0 rings (SSSR count). The van der Waals surface area contributed by atoms with Crippen LogP contribution < -0.4 is 0 Å². The van der Waals surface area contributed by atoms with E-state index in [0.717, 1.165) is 135 Å². The van der Waals surface area contributed by atoms with Crippen molar-refractivity contribution in [2.24, 2.45) is 0 Å². The van der Waals surface area contributed by atoms with Crippen LogP contribution >= 0.6 is 15.6 Å². The van der Waals surface area contributed by atoms with E-state index in [1.165, 1.54) is 135 Å². The lowest BCUT2D eigenvalue weighted by atomic mass is 10.0. The van der Waals surface area contributed by atoms with Crippen LogP contribution in [0.25, 0.3) is 0 Å². The average molecular weight is 1380 g/mol. The molecule has 552 valence electrons. The molecule has 0 spiro atoms. The summed E-state index contributed by atoms with van der Waals surface area (Å²) >= 11 is 0. The molecule has 0 radical (unpaired) electrons. The maximum atomic E-state index is 13.0. The first-order valence-electron chi connectivity index (χ1n) is 37.9. The summed E-state index contributed by atoms with van der Waals surface area (Å²) in [4.78, 5) is 58.6. The average Bonchev–Trinajstić information content (AvgIpc) is 2.24. The Bertz CT molecular complexity index is 2070. The number of carbonyl (C=O) groups is 3. The van der Waals surface area contributed by atoms with E-state index in [-0.39, 0.29) is 19.3 Å². The Kier molecular flexibility index (Phi) is 68.2. The molecule has 0 fully saturated rings. The third-order valence-corrected chi connectivity index (χ3v) is 18.0. The maximum absolute atomic E-state index is 13.0. The topological polar surface area (TPSA) is 231 Å². The van der Waals surface area contributed by atoms with E-state index in [9.17, 15) is 43.5 Å². The van der Waals surface area contributed by atoms with Crippen molar-refractivity contribution < 1.29 is 75.8 Å². The van der Waals surface area contributed by atoms with E-state index < -0.39 is 91.5 Å². The van der Waals surface area contributed by atoms with E-state index in [4.69, 9.17) is 32.3 Å². The highest BCUT2D eigenvalue weighted by molar-refractivity contribution is 7.47. The van der Waals surface area contributed by atoms with Crippen molar-refractivity contribution in [3.63, 3.8) is 0 Å². The number of ether oxygens (including phenoxy) is 3. The molecule has 0 aliphatic heterocycles. The highest BCUT2D eigenvalue weighted by Gasteiger charge is 2.29. The molecule has 0 saturated heterocycles. The number of unbranched alkanes of at least 4 members (excludes halogenated alkanes) is 35. The van der Waals surface area contributed by atoms with Crippen molar-refractivity contribution in [1.29, 1.82) is 0 Å². The van der Waals surface area contributed by atoms with Gasteiger partial charge in [0.2, 0.25) is 0 Å². The van der Waals surface area contributed by atoms with E-state index >= 15 is 0 Å². The van der Waals surface area contributed by atoms with Crippen LogP contribution in [-0.4, -0.2) is 95.9 Å². The molecule has 0 saturated carbocycles. The Hall–Kier alpha value is -3.27. The molecular weight excluding hydrogens is 1240 g/mol. The first-order chi connectivity index (χ1) is 46.2. The van der Waals surface area contributed by atoms with Crippen LogP contribution in [0, 0.1) is 0 Å². The molecule has 0 aromatic carbocycles. The van der Waals surface area contributed by atoms with Crippen LogP contribution in [0.3, 0.4) is 0 Å². The number of esters is 3. The molecule has 0 bridgehead atoms. The summed E-state index contributed by atoms with van der Waals surface area (Å²) in [5.41, 5.74) is 0. The number of phosphoric ester groups is 2. The summed E-state index contributed by atoms with van der Waals surface area (Å²) < 4.78 is 61.1. The van der Waals surface area contributed by atoms with Gasteiger partial charge in [-0.1, -0.05) is 292 Å². The van der Waals surface area contributed by atoms with Gasteiger partial charge in [0.1, 0.15) is 25.4 Å². The Morgan fingerprint density at radius 1 is 0.295 bits per heavy atom. The molecule has 4 N–H and O–H groups in total. The first kappa shape index (κ1) is 91.7. The number of phosphoric acid groups is 2. The Labute approximate surface area is 578 Å². The van der Waals surface area contributed by atoms with Crippen molar-refractivity contribution in [2.75, 3.05) is 39.6 Å². The highest BCUT2D eigenvalue weighted by Crippen LogP contribution is 2.45. The number of rotatable bonds is 72. The van der Waals surface area contributed by atoms with Crippen LogP contribution in [0.5, 0.6) is 0 Å².